The highest BCUT2D eigenvalue weighted by Crippen LogP contribution is 2.29. The van der Waals surface area contributed by atoms with Crippen molar-refractivity contribution in [1.29, 1.82) is 0 Å². The highest BCUT2D eigenvalue weighted by Gasteiger charge is 2.19. The fourth-order valence-corrected chi connectivity index (χ4v) is 1.64. The van der Waals surface area contributed by atoms with E-state index < -0.39 is 20.6 Å². The Balaban J connectivity index is 3.22. The van der Waals surface area contributed by atoms with Crippen LogP contribution in [-0.2, 0) is 10.0 Å². The number of hydrogen-bond donors (Lipinski definition) is 2. The monoisotopic (exact) mass is 261 g/mol. The van der Waals surface area contributed by atoms with Crippen LogP contribution in [0.4, 0.5) is 5.69 Å². The predicted molar refractivity (Wildman–Crippen MR) is 59.0 cm³/mol. The van der Waals surface area contributed by atoms with E-state index >= 15 is 0 Å². The average molecular weight is 261 g/mol. The molecule has 8 nitrogen and oxygen atoms in total. The zero-order chi connectivity index (χ0) is 13.1. The van der Waals surface area contributed by atoms with Gasteiger partial charge in [-0.2, -0.15) is 0 Å². The van der Waals surface area contributed by atoms with Crippen LogP contribution in [0.3, 0.4) is 0 Å². The van der Waals surface area contributed by atoms with Crippen LogP contribution in [0.2, 0.25) is 0 Å². The molecule has 0 aliphatic heterocycles. The van der Waals surface area contributed by atoms with E-state index in [1.54, 1.807) is 0 Å². The maximum atomic E-state index is 11.0. The molecule has 1 aromatic rings. The van der Waals surface area contributed by atoms with Gasteiger partial charge in [-0.3, -0.25) is 10.1 Å². The second kappa shape index (κ2) is 5.08. The summed E-state index contributed by atoms with van der Waals surface area (Å²) in [5.41, 5.74) is 4.72. The number of sulfonamides is 1. The molecule has 0 atom stereocenters. The molecule has 0 amide bonds. The van der Waals surface area contributed by atoms with Crippen LogP contribution in [0.25, 0.3) is 0 Å². The van der Waals surface area contributed by atoms with E-state index in [1.807, 2.05) is 0 Å². The second-order valence-electron chi connectivity index (χ2n) is 3.07. The molecule has 0 saturated heterocycles. The Morgan fingerprint density at radius 1 is 1.41 bits per heavy atom. The Kier molecular flexibility index (Phi) is 3.99. The Labute approximate surface area is 97.4 Å². The van der Waals surface area contributed by atoms with Gasteiger partial charge in [-0.1, -0.05) is 0 Å². The van der Waals surface area contributed by atoms with Gasteiger partial charge < -0.3 is 10.5 Å². The van der Waals surface area contributed by atoms with E-state index in [1.165, 1.54) is 6.07 Å². The third-order valence-electron chi connectivity index (χ3n) is 1.83. The molecule has 0 spiro atoms. The van der Waals surface area contributed by atoms with Gasteiger partial charge in [0, 0.05) is 12.6 Å². The standard InChI is InChI=1S/C8H11N3O5S/c9-3-4-16-8-2-1-6(17(10,14)15)5-7(8)11(12)13/h1-2,5H,3-4,9H2,(H2,10,14,15). The summed E-state index contributed by atoms with van der Waals surface area (Å²) in [4.78, 5) is 9.63. The minimum absolute atomic E-state index is 0.0483. The molecule has 0 unspecified atom stereocenters. The molecule has 0 saturated carbocycles. The lowest BCUT2D eigenvalue weighted by Crippen LogP contribution is -2.14. The molecule has 0 aliphatic carbocycles. The molecule has 9 heteroatoms. The molecule has 1 aromatic carbocycles. The summed E-state index contributed by atoms with van der Waals surface area (Å²) < 4.78 is 27.1. The molecule has 4 N–H and O–H groups in total. The molecule has 94 valence electrons. The summed E-state index contributed by atoms with van der Waals surface area (Å²) in [5.74, 6) is -0.0483. The van der Waals surface area contributed by atoms with Crippen molar-refractivity contribution in [1.82, 2.24) is 0 Å². The molecule has 17 heavy (non-hydrogen) atoms. The molecule has 0 fully saturated rings. The average Bonchev–Trinajstić information content (AvgIpc) is 2.24. The van der Waals surface area contributed by atoms with E-state index in [9.17, 15) is 18.5 Å². The topological polar surface area (TPSA) is 139 Å². The van der Waals surface area contributed by atoms with E-state index in [4.69, 9.17) is 15.6 Å². The maximum absolute atomic E-state index is 11.0. The first-order valence-electron chi connectivity index (χ1n) is 4.50. The maximum Gasteiger partial charge on any atom is 0.312 e. The lowest BCUT2D eigenvalue weighted by atomic mass is 10.3. The van der Waals surface area contributed by atoms with Gasteiger partial charge >= 0.3 is 5.69 Å². The van der Waals surface area contributed by atoms with Gasteiger partial charge in [-0.15, -0.1) is 0 Å². The minimum Gasteiger partial charge on any atom is -0.485 e. The zero-order valence-corrected chi connectivity index (χ0v) is 9.51. The lowest BCUT2D eigenvalue weighted by molar-refractivity contribution is -0.386. The number of nitro groups is 1. The first-order chi connectivity index (χ1) is 7.86. The van der Waals surface area contributed by atoms with Crippen molar-refractivity contribution in [3.63, 3.8) is 0 Å². The van der Waals surface area contributed by atoms with Crippen LogP contribution in [0.1, 0.15) is 0 Å². The van der Waals surface area contributed by atoms with Gasteiger partial charge in [0.2, 0.25) is 10.0 Å². The van der Waals surface area contributed by atoms with E-state index in [2.05, 4.69) is 0 Å². The van der Waals surface area contributed by atoms with Crippen LogP contribution in [0.15, 0.2) is 23.1 Å². The molecule has 0 bridgehead atoms. The molecule has 0 aromatic heterocycles. The molecule has 0 radical (unpaired) electrons. The first-order valence-corrected chi connectivity index (χ1v) is 6.05. The third kappa shape index (κ3) is 3.37. The Morgan fingerprint density at radius 2 is 2.06 bits per heavy atom. The Hall–Kier alpha value is -1.71. The summed E-state index contributed by atoms with van der Waals surface area (Å²) in [6.45, 7) is 0.281. The normalized spacial score (nSPS) is 11.2. The Morgan fingerprint density at radius 3 is 2.53 bits per heavy atom. The van der Waals surface area contributed by atoms with Gasteiger partial charge in [0.15, 0.2) is 5.75 Å². The van der Waals surface area contributed by atoms with Crippen molar-refractivity contribution in [2.24, 2.45) is 10.9 Å². The van der Waals surface area contributed by atoms with Crippen molar-refractivity contribution >= 4 is 15.7 Å². The summed E-state index contributed by atoms with van der Waals surface area (Å²) in [7, 11) is -3.98. The lowest BCUT2D eigenvalue weighted by Gasteiger charge is -2.06. The van der Waals surface area contributed by atoms with Gasteiger partial charge in [-0.25, -0.2) is 13.6 Å². The number of hydrogen-bond acceptors (Lipinski definition) is 6. The summed E-state index contributed by atoms with van der Waals surface area (Å²) in [6.07, 6.45) is 0. The van der Waals surface area contributed by atoms with E-state index in [0.717, 1.165) is 12.1 Å². The second-order valence-corrected chi connectivity index (χ2v) is 4.63. The third-order valence-corrected chi connectivity index (χ3v) is 2.74. The van der Waals surface area contributed by atoms with Gasteiger partial charge in [-0.05, 0) is 12.1 Å². The number of rotatable bonds is 5. The molecular weight excluding hydrogens is 250 g/mol. The SMILES string of the molecule is NCCOc1ccc(S(N)(=O)=O)cc1[N+](=O)[O-]. The fraction of sp³-hybridized carbons (Fsp3) is 0.250. The number of benzene rings is 1. The smallest absolute Gasteiger partial charge is 0.312 e. The number of ether oxygens (including phenoxy) is 1. The highest BCUT2D eigenvalue weighted by molar-refractivity contribution is 7.89. The van der Waals surface area contributed by atoms with Crippen LogP contribution >= 0.6 is 0 Å². The van der Waals surface area contributed by atoms with Crippen molar-refractivity contribution in [3.8, 4) is 5.75 Å². The molecule has 1 rings (SSSR count). The van der Waals surface area contributed by atoms with Crippen molar-refractivity contribution in [2.45, 2.75) is 4.90 Å². The largest absolute Gasteiger partial charge is 0.485 e. The zero-order valence-electron chi connectivity index (χ0n) is 8.70. The van der Waals surface area contributed by atoms with Crippen LogP contribution in [-0.4, -0.2) is 26.5 Å². The fourth-order valence-electron chi connectivity index (χ4n) is 1.11. The minimum atomic E-state index is -3.98. The number of nitro benzene ring substituents is 1. The van der Waals surface area contributed by atoms with E-state index in [0.29, 0.717) is 0 Å². The van der Waals surface area contributed by atoms with Gasteiger partial charge in [0.05, 0.1) is 9.82 Å². The van der Waals surface area contributed by atoms with Crippen LogP contribution < -0.4 is 15.6 Å². The summed E-state index contributed by atoms with van der Waals surface area (Å²) >= 11 is 0. The quantitative estimate of drug-likeness (QED) is 0.545. The molecular formula is C8H11N3O5S. The van der Waals surface area contributed by atoms with Crippen molar-refractivity contribution in [2.75, 3.05) is 13.2 Å². The van der Waals surface area contributed by atoms with Gasteiger partial charge in [0.1, 0.15) is 6.61 Å². The van der Waals surface area contributed by atoms with Crippen molar-refractivity contribution < 1.29 is 18.1 Å². The Bertz CT molecular complexity index is 528. The highest BCUT2D eigenvalue weighted by atomic mass is 32.2. The van der Waals surface area contributed by atoms with Crippen LogP contribution in [0, 0.1) is 10.1 Å². The number of nitrogens with zero attached hydrogens (tertiary/aromatic N) is 1. The van der Waals surface area contributed by atoms with Gasteiger partial charge in [0.25, 0.3) is 0 Å². The number of nitrogens with two attached hydrogens (primary N) is 2. The predicted octanol–water partition coefficient (Wildman–Crippen LogP) is -0.420. The summed E-state index contributed by atoms with van der Waals surface area (Å²) in [5, 5.41) is 15.6. The summed E-state index contributed by atoms with van der Waals surface area (Å²) in [6, 6.07) is 3.16. The molecule has 0 heterocycles. The number of primary sulfonamides is 1. The first kappa shape index (κ1) is 13.4. The molecule has 0 aliphatic rings. The van der Waals surface area contributed by atoms with E-state index in [-0.39, 0.29) is 23.8 Å². The van der Waals surface area contributed by atoms with Crippen molar-refractivity contribution in [3.05, 3.63) is 28.3 Å². The van der Waals surface area contributed by atoms with Crippen LogP contribution in [0.5, 0.6) is 5.75 Å².